The number of hydrogen-bond donors (Lipinski definition) is 1. The Morgan fingerprint density at radius 2 is 2.19 bits per heavy atom. The third-order valence-electron chi connectivity index (χ3n) is 5.39. The average molecular weight is 450 g/mol. The molecule has 0 saturated carbocycles. The summed E-state index contributed by atoms with van der Waals surface area (Å²) in [4.78, 5) is 28.4. The molecule has 10 heteroatoms. The lowest BCUT2D eigenvalue weighted by atomic mass is 9.97. The van der Waals surface area contributed by atoms with E-state index in [-0.39, 0.29) is 11.8 Å². The van der Waals surface area contributed by atoms with E-state index in [1.807, 2.05) is 43.5 Å². The maximum atomic E-state index is 13.0. The highest BCUT2D eigenvalue weighted by Crippen LogP contribution is 2.30. The van der Waals surface area contributed by atoms with Crippen molar-refractivity contribution in [1.82, 2.24) is 24.7 Å². The predicted octanol–water partition coefficient (Wildman–Crippen LogP) is 3.53. The van der Waals surface area contributed by atoms with Crippen molar-refractivity contribution >= 4 is 38.4 Å². The first kappa shape index (κ1) is 20.4. The fourth-order valence-electron chi connectivity index (χ4n) is 3.86. The van der Waals surface area contributed by atoms with Crippen molar-refractivity contribution in [3.8, 4) is 11.6 Å². The Morgan fingerprint density at radius 3 is 3.03 bits per heavy atom. The number of amides is 1. The predicted molar refractivity (Wildman–Crippen MR) is 124 cm³/mol. The normalized spacial score (nSPS) is 16.3. The summed E-state index contributed by atoms with van der Waals surface area (Å²) in [5.74, 6) is 2.15. The number of rotatable bonds is 6. The number of benzene rings is 1. The summed E-state index contributed by atoms with van der Waals surface area (Å²) in [6.07, 6.45) is 6.83. The monoisotopic (exact) mass is 449 g/mol. The zero-order valence-corrected chi connectivity index (χ0v) is 18.5. The fourth-order valence-corrected chi connectivity index (χ4v) is 4.76. The summed E-state index contributed by atoms with van der Waals surface area (Å²) < 4.78 is 8.24. The number of aromatic nitrogens is 5. The lowest BCUT2D eigenvalue weighted by Crippen LogP contribution is -2.41. The topological polar surface area (TPSA) is 98.1 Å². The Balaban J connectivity index is 1.28. The number of piperidine rings is 1. The van der Waals surface area contributed by atoms with Gasteiger partial charge in [-0.25, -0.2) is 19.6 Å². The molecule has 1 amide bonds. The van der Waals surface area contributed by atoms with E-state index < -0.39 is 0 Å². The van der Waals surface area contributed by atoms with Crippen LogP contribution in [-0.4, -0.2) is 50.3 Å². The molecule has 1 aromatic carbocycles. The molecule has 4 aromatic rings. The highest BCUT2D eigenvalue weighted by atomic mass is 32.1. The van der Waals surface area contributed by atoms with E-state index in [4.69, 9.17) is 4.74 Å². The molecule has 4 heterocycles. The standard InChI is InChI=1S/C22H23N7O2S/c1-2-31-16-6-7-17-18(11-16)32-22(26-17)27-21(30)15-5-3-9-28(13-15)19-12-20(24-14-23-19)29-10-4-8-25-29/h4,6-8,10-12,14-15H,2-3,5,9,13H2,1H3,(H,26,27,30). The summed E-state index contributed by atoms with van der Waals surface area (Å²) in [5, 5.41) is 7.85. The van der Waals surface area contributed by atoms with Gasteiger partial charge in [0.1, 0.15) is 17.9 Å². The van der Waals surface area contributed by atoms with Crippen LogP contribution in [0.3, 0.4) is 0 Å². The van der Waals surface area contributed by atoms with Crippen LogP contribution in [0.4, 0.5) is 10.9 Å². The smallest absolute Gasteiger partial charge is 0.231 e. The van der Waals surface area contributed by atoms with Gasteiger partial charge in [-0.1, -0.05) is 11.3 Å². The number of hydrogen-bond acceptors (Lipinski definition) is 8. The van der Waals surface area contributed by atoms with Crippen molar-refractivity contribution in [1.29, 1.82) is 0 Å². The van der Waals surface area contributed by atoms with E-state index in [9.17, 15) is 4.79 Å². The van der Waals surface area contributed by atoms with Gasteiger partial charge in [-0.05, 0) is 44.0 Å². The largest absolute Gasteiger partial charge is 0.494 e. The molecule has 0 radical (unpaired) electrons. The summed E-state index contributed by atoms with van der Waals surface area (Å²) >= 11 is 1.46. The maximum Gasteiger partial charge on any atom is 0.231 e. The van der Waals surface area contributed by atoms with E-state index in [1.165, 1.54) is 17.7 Å². The van der Waals surface area contributed by atoms with Gasteiger partial charge in [0.05, 0.1) is 22.7 Å². The molecule has 1 aliphatic heterocycles. The number of nitrogens with zero attached hydrogens (tertiary/aromatic N) is 6. The first-order valence-electron chi connectivity index (χ1n) is 10.6. The minimum absolute atomic E-state index is 0.0138. The van der Waals surface area contributed by atoms with Gasteiger partial charge in [0.15, 0.2) is 10.9 Å². The molecule has 9 nitrogen and oxygen atoms in total. The SMILES string of the molecule is CCOc1ccc2nc(NC(=O)C3CCCN(c4cc(-n5cccn5)ncn4)C3)sc2c1. The zero-order chi connectivity index (χ0) is 21.9. The Hall–Kier alpha value is -3.53. The number of nitrogens with one attached hydrogen (secondary N) is 1. The van der Waals surface area contributed by atoms with Gasteiger partial charge in [0, 0.05) is 31.5 Å². The molecule has 1 saturated heterocycles. The summed E-state index contributed by atoms with van der Waals surface area (Å²) in [7, 11) is 0. The van der Waals surface area contributed by atoms with Gasteiger partial charge in [-0.2, -0.15) is 5.10 Å². The second kappa shape index (κ2) is 8.91. The molecule has 1 fully saturated rings. The Morgan fingerprint density at radius 1 is 1.28 bits per heavy atom. The number of thiazole rings is 1. The molecule has 32 heavy (non-hydrogen) atoms. The molecule has 1 atom stereocenters. The van der Waals surface area contributed by atoms with Crippen molar-refractivity contribution in [2.75, 3.05) is 29.9 Å². The zero-order valence-electron chi connectivity index (χ0n) is 17.6. The first-order valence-corrected chi connectivity index (χ1v) is 11.4. The molecule has 1 aliphatic rings. The summed E-state index contributed by atoms with van der Waals surface area (Å²) in [5.41, 5.74) is 0.853. The van der Waals surface area contributed by atoms with Crippen LogP contribution in [0.2, 0.25) is 0 Å². The fraction of sp³-hybridized carbons (Fsp3) is 0.318. The van der Waals surface area contributed by atoms with Crippen LogP contribution >= 0.6 is 11.3 Å². The van der Waals surface area contributed by atoms with Gasteiger partial charge >= 0.3 is 0 Å². The second-order valence-electron chi connectivity index (χ2n) is 7.54. The Kier molecular flexibility index (Phi) is 5.68. The van der Waals surface area contributed by atoms with Gasteiger partial charge < -0.3 is 15.0 Å². The van der Waals surface area contributed by atoms with Gasteiger partial charge in [-0.3, -0.25) is 4.79 Å². The van der Waals surface area contributed by atoms with Crippen LogP contribution in [0, 0.1) is 5.92 Å². The molecule has 5 rings (SSSR count). The number of ether oxygens (including phenoxy) is 1. The van der Waals surface area contributed by atoms with Gasteiger partial charge in [-0.15, -0.1) is 0 Å². The van der Waals surface area contributed by atoms with Crippen LogP contribution < -0.4 is 15.0 Å². The number of anilines is 2. The van der Waals surface area contributed by atoms with Crippen LogP contribution in [0.5, 0.6) is 5.75 Å². The first-order chi connectivity index (χ1) is 15.7. The number of carbonyl (C=O) groups is 1. The van der Waals surface area contributed by atoms with Gasteiger partial charge in [0.25, 0.3) is 0 Å². The van der Waals surface area contributed by atoms with E-state index >= 15 is 0 Å². The molecule has 0 bridgehead atoms. The molecule has 0 aliphatic carbocycles. The van der Waals surface area contributed by atoms with Crippen LogP contribution in [-0.2, 0) is 4.79 Å². The third kappa shape index (κ3) is 4.26. The van der Waals surface area contributed by atoms with Crippen molar-refractivity contribution in [3.05, 3.63) is 49.1 Å². The summed E-state index contributed by atoms with van der Waals surface area (Å²) in [6, 6.07) is 9.52. The molecule has 1 N–H and O–H groups in total. The van der Waals surface area contributed by atoms with Crippen LogP contribution in [0.25, 0.3) is 16.0 Å². The quantitative estimate of drug-likeness (QED) is 0.481. The highest BCUT2D eigenvalue weighted by molar-refractivity contribution is 7.22. The minimum Gasteiger partial charge on any atom is -0.494 e. The van der Waals surface area contributed by atoms with Gasteiger partial charge in [0.2, 0.25) is 5.91 Å². The molecule has 164 valence electrons. The Bertz CT molecular complexity index is 1220. The number of carbonyl (C=O) groups excluding carboxylic acids is 1. The molecular weight excluding hydrogens is 426 g/mol. The average Bonchev–Trinajstić information content (AvgIpc) is 3.49. The second-order valence-corrected chi connectivity index (χ2v) is 8.57. The lowest BCUT2D eigenvalue weighted by molar-refractivity contribution is -0.120. The van der Waals surface area contributed by atoms with Crippen LogP contribution in [0.1, 0.15) is 19.8 Å². The molecule has 1 unspecified atom stereocenters. The molecule has 3 aromatic heterocycles. The Labute approximate surface area is 189 Å². The van der Waals surface area contributed by atoms with Crippen molar-refractivity contribution in [2.45, 2.75) is 19.8 Å². The van der Waals surface area contributed by atoms with Crippen molar-refractivity contribution < 1.29 is 9.53 Å². The number of fused-ring (bicyclic) bond motifs is 1. The molecular formula is C22H23N7O2S. The lowest BCUT2D eigenvalue weighted by Gasteiger charge is -2.32. The van der Waals surface area contributed by atoms with Crippen LogP contribution in [0.15, 0.2) is 49.1 Å². The van der Waals surface area contributed by atoms with Crippen molar-refractivity contribution in [2.24, 2.45) is 5.92 Å². The minimum atomic E-state index is -0.141. The van der Waals surface area contributed by atoms with E-state index in [2.05, 4.69) is 30.3 Å². The van der Waals surface area contributed by atoms with Crippen molar-refractivity contribution in [3.63, 3.8) is 0 Å². The van der Waals surface area contributed by atoms with E-state index in [0.717, 1.165) is 41.2 Å². The highest BCUT2D eigenvalue weighted by Gasteiger charge is 2.27. The van der Waals surface area contributed by atoms with E-state index in [0.29, 0.717) is 24.1 Å². The summed E-state index contributed by atoms with van der Waals surface area (Å²) in [6.45, 7) is 4.01. The molecule has 0 spiro atoms. The third-order valence-corrected chi connectivity index (χ3v) is 6.33. The maximum absolute atomic E-state index is 13.0. The van der Waals surface area contributed by atoms with E-state index in [1.54, 1.807) is 10.9 Å².